The van der Waals surface area contributed by atoms with Crippen LogP contribution in [0.5, 0.6) is 5.75 Å². The summed E-state index contributed by atoms with van der Waals surface area (Å²) in [6.07, 6.45) is 5.42. The molecule has 2 N–H and O–H groups in total. The average Bonchev–Trinajstić information content (AvgIpc) is 3.27. The molecule has 3 aromatic rings. The zero-order chi connectivity index (χ0) is 23.0. The molecule has 0 aliphatic heterocycles. The van der Waals surface area contributed by atoms with Crippen molar-refractivity contribution in [1.29, 1.82) is 0 Å². The fourth-order valence-electron chi connectivity index (χ4n) is 3.07. The quantitative estimate of drug-likeness (QED) is 0.0972. The van der Waals surface area contributed by atoms with E-state index in [1.165, 1.54) is 0 Å². The topological polar surface area (TPSA) is 96.9 Å². The molecule has 32 heavy (non-hydrogen) atoms. The van der Waals surface area contributed by atoms with E-state index in [9.17, 15) is 8.42 Å². The maximum absolute atomic E-state index is 10.8. The second kappa shape index (κ2) is 11.2. The van der Waals surface area contributed by atoms with Gasteiger partial charge in [0.1, 0.15) is 18.1 Å². The third kappa shape index (κ3) is 7.45. The van der Waals surface area contributed by atoms with Crippen molar-refractivity contribution in [2.24, 2.45) is 0 Å². The first-order valence-electron chi connectivity index (χ1n) is 10.1. The molecule has 0 saturated carbocycles. The molecular weight excluding hydrogens is 450 g/mol. The Labute approximate surface area is 191 Å². The van der Waals surface area contributed by atoms with Crippen molar-refractivity contribution in [2.45, 2.75) is 25.8 Å². The Kier molecular flexibility index (Phi) is 8.40. The second-order valence-electron chi connectivity index (χ2n) is 7.23. The van der Waals surface area contributed by atoms with Gasteiger partial charge in [-0.15, -0.1) is 11.3 Å². The first-order valence-corrected chi connectivity index (χ1v) is 12.5. The minimum atomic E-state index is -3.92. The Balaban J connectivity index is 1.55. The number of ether oxygens (including phenoxy) is 1. The van der Waals surface area contributed by atoms with E-state index >= 15 is 0 Å². The third-order valence-electron chi connectivity index (χ3n) is 4.74. The number of hydrogen-bond acceptors (Lipinski definition) is 6. The van der Waals surface area contributed by atoms with Crippen LogP contribution >= 0.6 is 11.3 Å². The van der Waals surface area contributed by atoms with Crippen LogP contribution in [0, 0.1) is 0 Å². The predicted octanol–water partition coefficient (Wildman–Crippen LogP) is 4.81. The zero-order valence-electron chi connectivity index (χ0n) is 17.5. The highest BCUT2D eigenvalue weighted by molar-refractivity contribution is 7.85. The van der Waals surface area contributed by atoms with Gasteiger partial charge in [-0.25, -0.2) is 9.82 Å². The molecule has 9 heteroatoms. The first kappa shape index (κ1) is 23.9. The van der Waals surface area contributed by atoms with Crippen LogP contribution in [-0.4, -0.2) is 30.6 Å². The molecule has 0 aliphatic rings. The van der Waals surface area contributed by atoms with Crippen LogP contribution in [-0.2, 0) is 21.6 Å². The van der Waals surface area contributed by atoms with Crippen LogP contribution in [0.4, 0.5) is 0 Å². The molecule has 0 amide bonds. The molecule has 7 nitrogen and oxygen atoms in total. The number of rotatable bonds is 12. The SMILES string of the molecule is C=C(CCCOc1ccc(-c2ccc(-c3cc[n+](CCCS(=O)(=O)O)cc3)s2)cc1)OO. The molecule has 0 bridgehead atoms. The van der Waals surface area contributed by atoms with Gasteiger partial charge < -0.3 is 9.62 Å². The van der Waals surface area contributed by atoms with Crippen molar-refractivity contribution >= 4 is 21.5 Å². The highest BCUT2D eigenvalue weighted by Crippen LogP contribution is 2.34. The standard InChI is InChI=1S/C23H25NO6S2/c1-18(30-25)4-2-16-29-21-7-5-19(6-8-21)22-9-10-23(31-22)20-11-14-24(15-12-20)13-3-17-32(26,27)28/h5-12,14-15H,1-4,13,16-17H2,(H-,25,26,27,28)/p+1. The molecule has 1 aromatic carbocycles. The summed E-state index contributed by atoms with van der Waals surface area (Å²) in [4.78, 5) is 6.34. The van der Waals surface area contributed by atoms with Crippen molar-refractivity contribution < 1.29 is 32.4 Å². The number of allylic oxidation sites excluding steroid dienone is 1. The van der Waals surface area contributed by atoms with Gasteiger partial charge in [-0.05, 0) is 48.4 Å². The van der Waals surface area contributed by atoms with Crippen molar-refractivity contribution in [3.05, 3.63) is 73.3 Å². The number of hydrogen-bond donors (Lipinski definition) is 2. The van der Waals surface area contributed by atoms with Gasteiger partial charge in [0.05, 0.1) is 12.4 Å². The normalized spacial score (nSPS) is 11.3. The van der Waals surface area contributed by atoms with Gasteiger partial charge in [-0.1, -0.05) is 6.58 Å². The van der Waals surface area contributed by atoms with Gasteiger partial charge in [-0.3, -0.25) is 4.55 Å². The summed E-state index contributed by atoms with van der Waals surface area (Å²) in [5, 5.41) is 8.47. The lowest BCUT2D eigenvalue weighted by molar-refractivity contribution is -0.696. The average molecular weight is 477 g/mol. The Morgan fingerprint density at radius 2 is 1.59 bits per heavy atom. The molecule has 170 valence electrons. The van der Waals surface area contributed by atoms with Gasteiger partial charge in [-0.2, -0.15) is 8.42 Å². The maximum Gasteiger partial charge on any atom is 0.265 e. The van der Waals surface area contributed by atoms with Crippen LogP contribution in [0.1, 0.15) is 19.3 Å². The second-order valence-corrected chi connectivity index (χ2v) is 9.89. The van der Waals surface area contributed by atoms with Crippen molar-refractivity contribution in [2.75, 3.05) is 12.4 Å². The number of pyridine rings is 1. The molecule has 0 radical (unpaired) electrons. The summed E-state index contributed by atoms with van der Waals surface area (Å²) >= 11 is 1.69. The van der Waals surface area contributed by atoms with E-state index in [4.69, 9.17) is 14.5 Å². The minimum absolute atomic E-state index is 0.242. The minimum Gasteiger partial charge on any atom is -0.494 e. The largest absolute Gasteiger partial charge is 0.494 e. The van der Waals surface area contributed by atoms with Crippen LogP contribution in [0.2, 0.25) is 0 Å². The maximum atomic E-state index is 10.8. The molecule has 0 unspecified atom stereocenters. The van der Waals surface area contributed by atoms with E-state index in [1.54, 1.807) is 11.3 Å². The smallest absolute Gasteiger partial charge is 0.265 e. The summed E-state index contributed by atoms with van der Waals surface area (Å²) in [7, 11) is -3.92. The molecule has 0 saturated heterocycles. The summed E-state index contributed by atoms with van der Waals surface area (Å²) in [5.74, 6) is 0.861. The van der Waals surface area contributed by atoms with Crippen molar-refractivity contribution in [3.63, 3.8) is 0 Å². The highest BCUT2D eigenvalue weighted by atomic mass is 32.2. The number of benzene rings is 1. The molecule has 0 aliphatic carbocycles. The molecule has 3 rings (SSSR count). The lowest BCUT2D eigenvalue weighted by Crippen LogP contribution is -2.33. The fraction of sp³-hybridized carbons (Fsp3) is 0.261. The Bertz CT molecular complexity index is 1120. The third-order valence-corrected chi connectivity index (χ3v) is 6.72. The van der Waals surface area contributed by atoms with E-state index in [0.717, 1.165) is 26.6 Å². The van der Waals surface area contributed by atoms with Gasteiger partial charge >= 0.3 is 0 Å². The Morgan fingerprint density at radius 1 is 0.969 bits per heavy atom. The number of thiophene rings is 1. The lowest BCUT2D eigenvalue weighted by Gasteiger charge is -2.07. The van der Waals surface area contributed by atoms with Gasteiger partial charge in [0.25, 0.3) is 10.1 Å². The molecular formula is C23H26NO6S2+. The van der Waals surface area contributed by atoms with Gasteiger partial charge in [0.15, 0.2) is 12.4 Å². The summed E-state index contributed by atoms with van der Waals surface area (Å²) in [6.45, 7) is 4.59. The highest BCUT2D eigenvalue weighted by Gasteiger charge is 2.10. The summed E-state index contributed by atoms with van der Waals surface area (Å²) < 4.78 is 38.0. The predicted molar refractivity (Wildman–Crippen MR) is 124 cm³/mol. The van der Waals surface area contributed by atoms with E-state index in [2.05, 4.69) is 23.6 Å². The lowest BCUT2D eigenvalue weighted by atomic mass is 10.2. The summed E-state index contributed by atoms with van der Waals surface area (Å²) in [6, 6.07) is 16.1. The van der Waals surface area contributed by atoms with E-state index < -0.39 is 10.1 Å². The van der Waals surface area contributed by atoms with E-state index in [-0.39, 0.29) is 5.75 Å². The fourth-order valence-corrected chi connectivity index (χ4v) is 4.58. The summed E-state index contributed by atoms with van der Waals surface area (Å²) in [5.41, 5.74) is 2.19. The number of nitrogens with zero attached hydrogens (tertiary/aromatic N) is 1. The molecule has 0 fully saturated rings. The van der Waals surface area contributed by atoms with Crippen molar-refractivity contribution in [3.8, 4) is 26.6 Å². The van der Waals surface area contributed by atoms with E-state index in [1.807, 2.05) is 53.4 Å². The molecule has 2 heterocycles. The van der Waals surface area contributed by atoms with E-state index in [0.29, 0.717) is 38.2 Å². The van der Waals surface area contributed by atoms with Crippen LogP contribution < -0.4 is 9.30 Å². The molecule has 0 spiro atoms. The number of aromatic nitrogens is 1. The number of aryl methyl sites for hydroxylation is 1. The molecule has 2 aromatic heterocycles. The van der Waals surface area contributed by atoms with Crippen LogP contribution in [0.3, 0.4) is 0 Å². The van der Waals surface area contributed by atoms with Crippen LogP contribution in [0.15, 0.2) is 73.3 Å². The van der Waals surface area contributed by atoms with Crippen molar-refractivity contribution in [1.82, 2.24) is 0 Å². The zero-order valence-corrected chi connectivity index (χ0v) is 19.1. The molecule has 0 atom stereocenters. The Morgan fingerprint density at radius 3 is 2.19 bits per heavy atom. The van der Waals surface area contributed by atoms with Gasteiger partial charge in [0.2, 0.25) is 0 Å². The van der Waals surface area contributed by atoms with Gasteiger partial charge in [0, 0.05) is 40.3 Å². The first-order chi connectivity index (χ1) is 15.3. The van der Waals surface area contributed by atoms with Crippen LogP contribution in [0.25, 0.3) is 20.9 Å². The monoisotopic (exact) mass is 476 g/mol. The Hall–Kier alpha value is -2.72.